The number of nitro benzene ring substituents is 1. The van der Waals surface area contributed by atoms with Crippen LogP contribution in [-0.4, -0.2) is 77.3 Å². The number of nitro groups is 1. The Kier molecular flexibility index (Phi) is 11.4. The third-order valence-corrected chi connectivity index (χ3v) is 6.91. The lowest BCUT2D eigenvalue weighted by molar-refractivity contribution is -0.385. The van der Waals surface area contributed by atoms with Crippen LogP contribution in [0, 0.1) is 17.0 Å². The van der Waals surface area contributed by atoms with E-state index >= 15 is 0 Å². The van der Waals surface area contributed by atoms with E-state index in [0.29, 0.717) is 47.2 Å². The predicted molar refractivity (Wildman–Crippen MR) is 172 cm³/mol. The van der Waals surface area contributed by atoms with Crippen molar-refractivity contribution < 1.29 is 47.1 Å². The van der Waals surface area contributed by atoms with E-state index in [4.69, 9.17) is 19.4 Å². The van der Waals surface area contributed by atoms with E-state index in [0.717, 1.165) is 18.8 Å². The van der Waals surface area contributed by atoms with Crippen LogP contribution in [0.5, 0.6) is 5.75 Å². The molecule has 4 aromatic rings. The number of morpholine rings is 1. The van der Waals surface area contributed by atoms with Crippen LogP contribution in [0.25, 0.3) is 5.69 Å². The number of ether oxygens (including phenoxy) is 2. The van der Waals surface area contributed by atoms with Gasteiger partial charge in [-0.25, -0.2) is 14.3 Å². The minimum absolute atomic E-state index is 0.0892. The van der Waals surface area contributed by atoms with Crippen LogP contribution in [0.4, 0.5) is 46.4 Å². The highest BCUT2D eigenvalue weighted by Gasteiger charge is 2.38. The first-order valence-corrected chi connectivity index (χ1v) is 14.4. The molecule has 49 heavy (non-hydrogen) atoms. The number of amides is 3. The van der Waals surface area contributed by atoms with Gasteiger partial charge in [0, 0.05) is 47.7 Å². The van der Waals surface area contributed by atoms with Crippen molar-refractivity contribution in [3.8, 4) is 11.4 Å². The van der Waals surface area contributed by atoms with Crippen molar-refractivity contribution in [3.05, 3.63) is 94.3 Å². The van der Waals surface area contributed by atoms with Gasteiger partial charge in [0.15, 0.2) is 0 Å². The second-order valence-electron chi connectivity index (χ2n) is 10.3. The first-order chi connectivity index (χ1) is 23.2. The van der Waals surface area contributed by atoms with Crippen molar-refractivity contribution in [2.24, 2.45) is 0 Å². The molecule has 4 N–H and O–H groups in total. The summed E-state index contributed by atoms with van der Waals surface area (Å²) in [4.78, 5) is 47.3. The fourth-order valence-electron chi connectivity index (χ4n) is 4.52. The number of carboxylic acid groups (broad SMARTS) is 1. The maximum atomic E-state index is 13.1. The number of methoxy groups -OCH3 is 1. The van der Waals surface area contributed by atoms with Gasteiger partial charge in [0.1, 0.15) is 5.75 Å². The van der Waals surface area contributed by atoms with Crippen molar-refractivity contribution in [3.63, 3.8) is 0 Å². The second-order valence-corrected chi connectivity index (χ2v) is 10.3. The monoisotopic (exact) mass is 685 g/mol. The number of hydrogen-bond acceptors (Lipinski definition) is 9. The molecule has 1 aliphatic rings. The van der Waals surface area contributed by atoms with E-state index in [1.807, 2.05) is 12.1 Å². The number of urea groups is 1. The first-order valence-electron chi connectivity index (χ1n) is 14.4. The van der Waals surface area contributed by atoms with Crippen molar-refractivity contribution >= 4 is 46.3 Å². The minimum atomic E-state index is -5.08. The van der Waals surface area contributed by atoms with E-state index in [1.165, 1.54) is 16.9 Å². The molecule has 0 saturated carbocycles. The highest BCUT2D eigenvalue weighted by Crippen LogP contribution is 2.32. The largest absolute Gasteiger partial charge is 0.495 e. The van der Waals surface area contributed by atoms with Crippen LogP contribution >= 0.6 is 0 Å². The second kappa shape index (κ2) is 15.6. The highest BCUT2D eigenvalue weighted by molar-refractivity contribution is 6.05. The van der Waals surface area contributed by atoms with Crippen LogP contribution in [0.1, 0.15) is 15.9 Å². The molecule has 0 radical (unpaired) electrons. The van der Waals surface area contributed by atoms with Gasteiger partial charge < -0.3 is 35.4 Å². The first kappa shape index (κ1) is 35.7. The number of rotatable bonds is 8. The zero-order valence-electron chi connectivity index (χ0n) is 26.0. The molecule has 1 saturated heterocycles. The molecule has 1 aliphatic heterocycles. The van der Waals surface area contributed by atoms with Crippen LogP contribution in [0.3, 0.4) is 0 Å². The van der Waals surface area contributed by atoms with E-state index in [-0.39, 0.29) is 17.3 Å². The topological polar surface area (TPSA) is 190 Å². The number of hydrogen-bond donors (Lipinski definition) is 4. The average Bonchev–Trinajstić information content (AvgIpc) is 3.54. The zero-order valence-corrected chi connectivity index (χ0v) is 26.0. The van der Waals surface area contributed by atoms with Gasteiger partial charge in [-0.1, -0.05) is 12.1 Å². The summed E-state index contributed by atoms with van der Waals surface area (Å²) in [5.41, 5.74) is 3.62. The number of nitrogens with zero attached hydrogens (tertiary/aromatic N) is 4. The Bertz CT molecular complexity index is 1840. The third-order valence-electron chi connectivity index (χ3n) is 6.91. The van der Waals surface area contributed by atoms with Gasteiger partial charge in [-0.05, 0) is 43.3 Å². The molecular formula is C31H30F3N7O8. The standard InChI is InChI=1S/C29H29N7O6.C2HF3O2/c1-19-6-7-21(15-26(19)36(39)40)32-29(38)33-23-17-30-35(18-23)24-5-3-4-20(14-24)28(37)31-22-8-9-25(27(16-22)41-2)34-10-12-42-13-11-34;3-2(4,5)1(6)7/h3-9,14-18H,10-13H2,1-2H3,(H,31,37)(H2,32,33,38);(H,6,7). The van der Waals surface area contributed by atoms with Crippen LogP contribution in [0.15, 0.2) is 73.1 Å². The van der Waals surface area contributed by atoms with Crippen LogP contribution in [-0.2, 0) is 9.53 Å². The molecule has 3 aromatic carbocycles. The van der Waals surface area contributed by atoms with E-state index < -0.39 is 23.1 Å². The number of anilines is 4. The Balaban J connectivity index is 0.000000698. The van der Waals surface area contributed by atoms with Crippen LogP contribution < -0.4 is 25.6 Å². The summed E-state index contributed by atoms with van der Waals surface area (Å²) in [6.45, 7) is 4.46. The Hall–Kier alpha value is -6.17. The van der Waals surface area contributed by atoms with Gasteiger partial charge in [0.25, 0.3) is 11.6 Å². The Morgan fingerprint density at radius 2 is 1.63 bits per heavy atom. The lowest BCUT2D eigenvalue weighted by Crippen LogP contribution is -2.36. The molecule has 258 valence electrons. The summed E-state index contributed by atoms with van der Waals surface area (Å²) in [7, 11) is 1.60. The number of aryl methyl sites for hydroxylation is 1. The summed E-state index contributed by atoms with van der Waals surface area (Å²) in [6, 6.07) is 16.3. The molecule has 1 fully saturated rings. The molecule has 0 aliphatic carbocycles. The normalized spacial score (nSPS) is 12.6. The number of carboxylic acids is 1. The number of carbonyl (C=O) groups is 3. The number of alkyl halides is 3. The number of aromatic nitrogens is 2. The summed E-state index contributed by atoms with van der Waals surface area (Å²) in [5, 5.41) is 30.7. The SMILES string of the molecule is COc1cc(NC(=O)c2cccc(-n3cc(NC(=O)Nc4ccc(C)c([N+](=O)[O-])c4)cn3)c2)ccc1N1CCOCC1.O=C(O)C(F)(F)F. The number of aliphatic carboxylic acids is 1. The maximum absolute atomic E-state index is 13.1. The van der Waals surface area contributed by atoms with Gasteiger partial charge in [0.05, 0.1) is 54.7 Å². The minimum Gasteiger partial charge on any atom is -0.495 e. The quantitative estimate of drug-likeness (QED) is 0.137. The summed E-state index contributed by atoms with van der Waals surface area (Å²) >= 11 is 0. The summed E-state index contributed by atoms with van der Waals surface area (Å²) in [6.07, 6.45) is -2.05. The lowest BCUT2D eigenvalue weighted by Gasteiger charge is -2.30. The molecule has 1 aromatic heterocycles. The van der Waals surface area contributed by atoms with Crippen molar-refractivity contribution in [1.29, 1.82) is 0 Å². The molecule has 0 spiro atoms. The predicted octanol–water partition coefficient (Wildman–Crippen LogP) is 5.46. The number of carbonyl (C=O) groups excluding carboxylic acids is 2. The maximum Gasteiger partial charge on any atom is 0.490 e. The summed E-state index contributed by atoms with van der Waals surface area (Å²) < 4.78 is 44.3. The van der Waals surface area contributed by atoms with E-state index in [2.05, 4.69) is 25.9 Å². The number of benzene rings is 3. The molecule has 18 heteroatoms. The van der Waals surface area contributed by atoms with Gasteiger partial charge in [-0.2, -0.15) is 18.3 Å². The molecule has 0 unspecified atom stereocenters. The highest BCUT2D eigenvalue weighted by atomic mass is 19.4. The van der Waals surface area contributed by atoms with Gasteiger partial charge in [0.2, 0.25) is 0 Å². The van der Waals surface area contributed by atoms with Crippen molar-refractivity contribution in [1.82, 2.24) is 9.78 Å². The fraction of sp³-hybridized carbons (Fsp3) is 0.226. The van der Waals surface area contributed by atoms with Crippen LogP contribution in [0.2, 0.25) is 0 Å². The van der Waals surface area contributed by atoms with Crippen molar-refractivity contribution in [2.75, 3.05) is 54.3 Å². The van der Waals surface area contributed by atoms with E-state index in [9.17, 15) is 32.9 Å². The van der Waals surface area contributed by atoms with Gasteiger partial charge in [-0.3, -0.25) is 14.9 Å². The molecule has 0 bridgehead atoms. The third kappa shape index (κ3) is 9.67. The molecule has 0 atom stereocenters. The zero-order chi connectivity index (χ0) is 35.7. The number of halogens is 3. The fourth-order valence-corrected chi connectivity index (χ4v) is 4.52. The lowest BCUT2D eigenvalue weighted by atomic mass is 10.1. The molecule has 5 rings (SSSR count). The molecule has 15 nitrogen and oxygen atoms in total. The molecule has 3 amide bonds. The molecular weight excluding hydrogens is 655 g/mol. The Morgan fingerprint density at radius 1 is 0.980 bits per heavy atom. The molecule has 2 heterocycles. The average molecular weight is 686 g/mol. The van der Waals surface area contributed by atoms with Gasteiger partial charge in [-0.15, -0.1) is 0 Å². The Labute approximate surface area is 276 Å². The van der Waals surface area contributed by atoms with E-state index in [1.54, 1.807) is 62.7 Å². The smallest absolute Gasteiger partial charge is 0.490 e. The summed E-state index contributed by atoms with van der Waals surface area (Å²) in [5.74, 6) is -2.41. The number of nitrogens with one attached hydrogen (secondary N) is 3. The Morgan fingerprint density at radius 3 is 2.29 bits per heavy atom. The van der Waals surface area contributed by atoms with Gasteiger partial charge >= 0.3 is 18.2 Å². The van der Waals surface area contributed by atoms with Crippen molar-refractivity contribution in [2.45, 2.75) is 13.1 Å².